The number of unbranched alkanes of at least 4 members (excludes halogenated alkanes) is 3. The number of ketones is 1. The van der Waals surface area contributed by atoms with E-state index in [1.54, 1.807) is 20.8 Å². The van der Waals surface area contributed by atoms with Crippen molar-refractivity contribution < 1.29 is 30.0 Å². The van der Waals surface area contributed by atoms with Gasteiger partial charge in [0.25, 0.3) is 0 Å². The van der Waals surface area contributed by atoms with E-state index in [0.29, 0.717) is 6.42 Å². The van der Waals surface area contributed by atoms with Gasteiger partial charge in [-0.1, -0.05) is 47.0 Å². The van der Waals surface area contributed by atoms with E-state index in [2.05, 4.69) is 3.63 Å². The lowest BCUT2D eigenvalue weighted by Crippen LogP contribution is -2.36. The summed E-state index contributed by atoms with van der Waals surface area (Å²) in [6, 6.07) is 0. The van der Waals surface area contributed by atoms with Crippen LogP contribution in [-0.4, -0.2) is 36.5 Å². The highest BCUT2D eigenvalue weighted by atomic mass is 32.3. The molecule has 0 N–H and O–H groups in total. The van der Waals surface area contributed by atoms with Crippen molar-refractivity contribution in [1.29, 1.82) is 0 Å². The molecule has 23 heavy (non-hydrogen) atoms. The number of carbonyl (C=O) groups excluding carboxylic acids is 1. The van der Waals surface area contributed by atoms with Gasteiger partial charge in [0.15, 0.2) is 0 Å². The zero-order chi connectivity index (χ0) is 18.5. The van der Waals surface area contributed by atoms with E-state index in [-0.39, 0.29) is 18.0 Å². The van der Waals surface area contributed by atoms with Crippen LogP contribution in [0, 0.1) is 0 Å². The Morgan fingerprint density at radius 3 is 1.96 bits per heavy atom. The lowest BCUT2D eigenvalue weighted by molar-refractivity contribution is -0.116. The van der Waals surface area contributed by atoms with Gasteiger partial charge in [-0.2, -0.15) is 21.6 Å². The molecule has 0 aromatic heterocycles. The fourth-order valence-electron chi connectivity index (χ4n) is 1.71. The largest absolute Gasteiger partial charge is 0.523 e. The highest BCUT2D eigenvalue weighted by Crippen LogP contribution is 2.59. The molecular weight excluding hydrogens is 353 g/mol. The Hall–Kier alpha value is -0.280. The van der Waals surface area contributed by atoms with Crippen LogP contribution in [0.4, 0.5) is 13.2 Å². The number of carbonyl (C=O) groups is 1. The SMILES string of the molecule is CCCCCCC(=O)CS(C)(OS(=O)(=O)C(F)(F)F)C(C)(C)C. The smallest absolute Gasteiger partial charge is 0.299 e. The molecule has 1 unspecified atom stereocenters. The van der Waals surface area contributed by atoms with Gasteiger partial charge < -0.3 is 0 Å². The van der Waals surface area contributed by atoms with Crippen LogP contribution in [0.25, 0.3) is 0 Å². The van der Waals surface area contributed by atoms with Gasteiger partial charge in [0.05, 0.1) is 5.75 Å². The molecule has 0 aliphatic heterocycles. The first-order valence-electron chi connectivity index (χ1n) is 7.46. The van der Waals surface area contributed by atoms with Crippen LogP contribution in [0.1, 0.15) is 59.8 Å². The molecule has 4 nitrogen and oxygen atoms in total. The van der Waals surface area contributed by atoms with Crippen molar-refractivity contribution in [1.82, 2.24) is 0 Å². The molecule has 0 amide bonds. The third-order valence-corrected chi connectivity index (χ3v) is 9.51. The Morgan fingerprint density at radius 1 is 1.04 bits per heavy atom. The maximum Gasteiger partial charge on any atom is 0.523 e. The second-order valence-electron chi connectivity index (χ2n) is 6.58. The minimum atomic E-state index is -5.73. The van der Waals surface area contributed by atoms with Crippen molar-refractivity contribution in [2.24, 2.45) is 0 Å². The third-order valence-electron chi connectivity index (χ3n) is 3.56. The zero-order valence-electron chi connectivity index (χ0n) is 14.3. The molecule has 0 saturated heterocycles. The summed E-state index contributed by atoms with van der Waals surface area (Å²) in [5.74, 6) is -0.552. The van der Waals surface area contributed by atoms with Crippen LogP contribution in [0.15, 0.2) is 0 Å². The molecule has 0 heterocycles. The summed E-state index contributed by atoms with van der Waals surface area (Å²) >= 11 is 0. The molecule has 140 valence electrons. The van der Waals surface area contributed by atoms with Crippen molar-refractivity contribution in [2.75, 3.05) is 12.0 Å². The van der Waals surface area contributed by atoms with E-state index in [1.807, 2.05) is 6.92 Å². The molecule has 0 aromatic rings. The minimum absolute atomic E-state index is 0.230. The fraction of sp³-hybridized carbons (Fsp3) is 0.929. The molecule has 0 bridgehead atoms. The van der Waals surface area contributed by atoms with E-state index < -0.39 is 30.7 Å². The summed E-state index contributed by atoms with van der Waals surface area (Å²) in [5, 5.41) is 0. The van der Waals surface area contributed by atoms with Crippen LogP contribution >= 0.6 is 10.3 Å². The predicted octanol–water partition coefficient (Wildman–Crippen LogP) is 4.54. The van der Waals surface area contributed by atoms with Gasteiger partial charge in [0.1, 0.15) is 5.78 Å². The van der Waals surface area contributed by atoms with E-state index in [1.165, 1.54) is 6.26 Å². The van der Waals surface area contributed by atoms with Gasteiger partial charge in [0.2, 0.25) is 0 Å². The van der Waals surface area contributed by atoms with Crippen molar-refractivity contribution in [2.45, 2.75) is 70.1 Å². The van der Waals surface area contributed by atoms with Gasteiger partial charge >= 0.3 is 15.6 Å². The summed E-state index contributed by atoms with van der Waals surface area (Å²) in [6.45, 7) is 6.77. The Bertz CT molecular complexity index is 495. The van der Waals surface area contributed by atoms with Gasteiger partial charge in [-0.25, -0.2) is 3.63 Å². The quantitative estimate of drug-likeness (QED) is 0.435. The number of hydrogen-bond acceptors (Lipinski definition) is 4. The monoisotopic (exact) mass is 380 g/mol. The standard InChI is InChI=1S/C14H27F3O4S2/c1-6-7-8-9-10-12(18)11-22(5,13(2,3)4)21-23(19,20)14(15,16)17/h6-11H2,1-5H3. The molecule has 0 rings (SSSR count). The number of hydrogen-bond donors (Lipinski definition) is 0. The summed E-state index contributed by atoms with van der Waals surface area (Å²) in [4.78, 5) is 12.1. The van der Waals surface area contributed by atoms with Crippen LogP contribution in [0.3, 0.4) is 0 Å². The van der Waals surface area contributed by atoms with E-state index >= 15 is 0 Å². The summed E-state index contributed by atoms with van der Waals surface area (Å²) in [6.07, 6.45) is 5.06. The van der Waals surface area contributed by atoms with Crippen LogP contribution in [0.2, 0.25) is 0 Å². The third kappa shape index (κ3) is 7.01. The van der Waals surface area contributed by atoms with Crippen molar-refractivity contribution in [3.63, 3.8) is 0 Å². The van der Waals surface area contributed by atoms with Gasteiger partial charge in [-0.05, 0) is 12.7 Å². The number of rotatable bonds is 9. The summed E-state index contributed by atoms with van der Waals surface area (Å²) < 4.78 is 64.2. The van der Waals surface area contributed by atoms with Crippen molar-refractivity contribution in [3.8, 4) is 0 Å². The number of alkyl halides is 3. The van der Waals surface area contributed by atoms with Gasteiger partial charge in [-0.15, -0.1) is 10.3 Å². The lowest BCUT2D eigenvalue weighted by Gasteiger charge is -2.45. The lowest BCUT2D eigenvalue weighted by atomic mass is 10.1. The highest BCUT2D eigenvalue weighted by molar-refractivity contribution is 8.33. The topological polar surface area (TPSA) is 60.4 Å². The zero-order valence-corrected chi connectivity index (χ0v) is 16.0. The molecule has 1 atom stereocenters. The first-order chi connectivity index (χ1) is 10.2. The second-order valence-corrected chi connectivity index (χ2v) is 12.0. The normalized spacial score (nSPS) is 17.6. The minimum Gasteiger partial charge on any atom is -0.299 e. The average molecular weight is 380 g/mol. The fourth-order valence-corrected chi connectivity index (χ4v) is 5.80. The Kier molecular flexibility index (Phi) is 8.10. The molecule has 0 fully saturated rings. The summed E-state index contributed by atoms with van der Waals surface area (Å²) in [7, 11) is -8.52. The van der Waals surface area contributed by atoms with Crippen molar-refractivity contribution in [3.05, 3.63) is 0 Å². The average Bonchev–Trinajstić information content (AvgIpc) is 2.31. The van der Waals surface area contributed by atoms with Crippen LogP contribution < -0.4 is 0 Å². The maximum absolute atomic E-state index is 12.6. The van der Waals surface area contributed by atoms with Crippen LogP contribution in [-0.2, 0) is 18.5 Å². The Balaban J connectivity index is 5.12. The summed E-state index contributed by atoms with van der Waals surface area (Å²) in [5.41, 5.74) is -5.49. The first kappa shape index (κ1) is 22.7. The number of Topliss-reactive ketones (excluding diaryl/α,β-unsaturated/α-hetero) is 1. The van der Waals surface area contributed by atoms with E-state index in [4.69, 9.17) is 0 Å². The van der Waals surface area contributed by atoms with Crippen molar-refractivity contribution >= 4 is 26.2 Å². The highest BCUT2D eigenvalue weighted by Gasteiger charge is 2.52. The van der Waals surface area contributed by atoms with Gasteiger partial charge in [-0.3, -0.25) is 4.79 Å². The molecule has 0 radical (unpaired) electrons. The Labute approximate surface area is 138 Å². The molecule has 0 aromatic carbocycles. The first-order valence-corrected chi connectivity index (χ1v) is 11.0. The van der Waals surface area contributed by atoms with E-state index in [0.717, 1.165) is 19.3 Å². The molecule has 9 heteroatoms. The predicted molar refractivity (Wildman–Crippen MR) is 88.0 cm³/mol. The van der Waals surface area contributed by atoms with Gasteiger partial charge in [0, 0.05) is 11.2 Å². The number of halogens is 3. The van der Waals surface area contributed by atoms with Crippen LogP contribution in [0.5, 0.6) is 0 Å². The molecule has 0 saturated carbocycles. The molecule has 0 aliphatic rings. The molecular formula is C14H27F3O4S2. The molecule has 0 aliphatic carbocycles. The van der Waals surface area contributed by atoms with E-state index in [9.17, 15) is 26.4 Å². The second kappa shape index (κ2) is 8.20. The Morgan fingerprint density at radius 2 is 1.57 bits per heavy atom. The molecule has 0 spiro atoms. The maximum atomic E-state index is 12.6.